The van der Waals surface area contributed by atoms with Crippen molar-refractivity contribution in [3.05, 3.63) is 53.4 Å². The van der Waals surface area contributed by atoms with E-state index in [9.17, 15) is 9.18 Å². The van der Waals surface area contributed by atoms with Crippen molar-refractivity contribution < 1.29 is 18.3 Å². The van der Waals surface area contributed by atoms with Gasteiger partial charge in [-0.05, 0) is 25.1 Å². The van der Waals surface area contributed by atoms with E-state index in [1.165, 1.54) is 24.5 Å². The molecule has 2 atom stereocenters. The lowest BCUT2D eigenvalue weighted by Crippen LogP contribution is -2.52. The first-order valence-corrected chi connectivity index (χ1v) is 9.46. The number of thioether (sulfide) groups is 1. The highest BCUT2D eigenvalue weighted by atomic mass is 32.2. The van der Waals surface area contributed by atoms with E-state index in [1.807, 2.05) is 0 Å². The van der Waals surface area contributed by atoms with Crippen molar-refractivity contribution in [2.24, 2.45) is 10.7 Å². The Bertz CT molecular complexity index is 971. The quantitative estimate of drug-likeness (QED) is 0.811. The molecule has 0 aliphatic carbocycles. The highest BCUT2D eigenvalue weighted by Crippen LogP contribution is 2.50. The van der Waals surface area contributed by atoms with Gasteiger partial charge in [-0.3, -0.25) is 9.78 Å². The van der Waals surface area contributed by atoms with Crippen LogP contribution in [-0.4, -0.2) is 45.7 Å². The molecule has 2 aliphatic rings. The first-order valence-electron chi connectivity index (χ1n) is 8.48. The highest BCUT2D eigenvalue weighted by molar-refractivity contribution is 8.13. The molecule has 1 saturated heterocycles. The molecule has 1 aromatic carbocycles. The monoisotopic (exact) mass is 405 g/mol. The van der Waals surface area contributed by atoms with E-state index >= 15 is 4.39 Å². The molecular formula is C18H17F2N5O2S. The van der Waals surface area contributed by atoms with Gasteiger partial charge >= 0.3 is 0 Å². The number of anilines is 1. The van der Waals surface area contributed by atoms with Crippen molar-refractivity contribution in [1.82, 2.24) is 9.97 Å². The van der Waals surface area contributed by atoms with Gasteiger partial charge in [0.1, 0.15) is 11.5 Å². The van der Waals surface area contributed by atoms with E-state index in [1.54, 1.807) is 6.92 Å². The van der Waals surface area contributed by atoms with Gasteiger partial charge in [0.15, 0.2) is 16.4 Å². The van der Waals surface area contributed by atoms with Gasteiger partial charge < -0.3 is 15.8 Å². The van der Waals surface area contributed by atoms with E-state index < -0.39 is 22.9 Å². The Kier molecular flexibility index (Phi) is 4.54. The van der Waals surface area contributed by atoms with Crippen LogP contribution in [-0.2, 0) is 10.3 Å². The maximum Gasteiger partial charge on any atom is 0.275 e. The standard InChI is InChI=1S/C18H17F2N5O2S/c1-10-5-23-14(6-22-10)15(26)24-11-2-3-13(19)12(4-11)18-8-27-7-17(18,20)9-28-16(21)25-18/h2-6H,7-9H2,1H3,(H2,21,25)(H,24,26)/t17-,18-/m1/s1. The number of nitrogens with zero attached hydrogens (tertiary/aromatic N) is 3. The number of aromatic nitrogens is 2. The lowest BCUT2D eigenvalue weighted by atomic mass is 9.79. The van der Waals surface area contributed by atoms with Crippen molar-refractivity contribution in [2.75, 3.05) is 24.3 Å². The molecule has 0 bridgehead atoms. The van der Waals surface area contributed by atoms with Gasteiger partial charge in [0, 0.05) is 23.2 Å². The number of carbonyl (C=O) groups is 1. The molecule has 0 unspecified atom stereocenters. The molecule has 10 heteroatoms. The number of nitrogens with one attached hydrogen (secondary N) is 1. The molecule has 146 valence electrons. The van der Waals surface area contributed by atoms with Crippen LogP contribution in [0.3, 0.4) is 0 Å². The molecule has 0 spiro atoms. The number of benzene rings is 1. The van der Waals surface area contributed by atoms with Gasteiger partial charge in [-0.1, -0.05) is 11.8 Å². The minimum atomic E-state index is -1.90. The van der Waals surface area contributed by atoms with Crippen LogP contribution in [0.25, 0.3) is 0 Å². The summed E-state index contributed by atoms with van der Waals surface area (Å²) in [7, 11) is 0. The largest absolute Gasteiger partial charge is 0.379 e. The summed E-state index contributed by atoms with van der Waals surface area (Å²) in [4.78, 5) is 24.7. The Morgan fingerprint density at radius 3 is 2.89 bits per heavy atom. The summed E-state index contributed by atoms with van der Waals surface area (Å²) in [5.74, 6) is -1.15. The maximum absolute atomic E-state index is 15.6. The number of alkyl halides is 1. The van der Waals surface area contributed by atoms with Gasteiger partial charge in [-0.25, -0.2) is 18.8 Å². The molecule has 1 amide bonds. The lowest BCUT2D eigenvalue weighted by molar-refractivity contribution is 0.102. The van der Waals surface area contributed by atoms with Gasteiger partial charge in [0.2, 0.25) is 0 Å². The average molecular weight is 405 g/mol. The molecule has 2 aliphatic heterocycles. The summed E-state index contributed by atoms with van der Waals surface area (Å²) in [6, 6.07) is 3.91. The molecule has 1 aromatic heterocycles. The summed E-state index contributed by atoms with van der Waals surface area (Å²) in [6.07, 6.45) is 2.81. The Balaban J connectivity index is 1.70. The van der Waals surface area contributed by atoms with Crippen molar-refractivity contribution in [1.29, 1.82) is 0 Å². The van der Waals surface area contributed by atoms with E-state index in [2.05, 4.69) is 20.3 Å². The molecule has 0 radical (unpaired) electrons. The predicted molar refractivity (Wildman–Crippen MR) is 102 cm³/mol. The summed E-state index contributed by atoms with van der Waals surface area (Å²) in [6.45, 7) is 1.41. The molecule has 3 heterocycles. The summed E-state index contributed by atoms with van der Waals surface area (Å²) in [5, 5.41) is 2.80. The fourth-order valence-corrected chi connectivity index (χ4v) is 4.23. The molecule has 4 rings (SSSR count). The second-order valence-electron chi connectivity index (χ2n) is 6.75. The third-order valence-corrected chi connectivity index (χ3v) is 5.81. The number of aryl methyl sites for hydroxylation is 1. The fourth-order valence-electron chi connectivity index (χ4n) is 3.32. The van der Waals surface area contributed by atoms with Crippen LogP contribution in [0.2, 0.25) is 0 Å². The minimum Gasteiger partial charge on any atom is -0.379 e. The Morgan fingerprint density at radius 1 is 1.32 bits per heavy atom. The first-order chi connectivity index (χ1) is 13.3. The number of fused-ring (bicyclic) bond motifs is 1. The smallest absolute Gasteiger partial charge is 0.275 e. The fraction of sp³-hybridized carbons (Fsp3) is 0.333. The van der Waals surface area contributed by atoms with Crippen molar-refractivity contribution in [2.45, 2.75) is 18.1 Å². The molecule has 7 nitrogen and oxygen atoms in total. The normalized spacial score (nSPS) is 26.5. The number of rotatable bonds is 3. The minimum absolute atomic E-state index is 0.0106. The van der Waals surface area contributed by atoms with Gasteiger partial charge in [0.05, 0.1) is 25.1 Å². The van der Waals surface area contributed by atoms with Crippen molar-refractivity contribution in [3.63, 3.8) is 0 Å². The number of amidine groups is 1. The van der Waals surface area contributed by atoms with Crippen LogP contribution in [0.1, 0.15) is 21.7 Å². The molecule has 3 N–H and O–H groups in total. The molecule has 28 heavy (non-hydrogen) atoms. The van der Waals surface area contributed by atoms with E-state index in [0.29, 0.717) is 5.69 Å². The third-order valence-electron chi connectivity index (χ3n) is 4.82. The zero-order chi connectivity index (χ0) is 19.9. The Labute approximate surface area is 163 Å². The number of amides is 1. The molecule has 2 aromatic rings. The van der Waals surface area contributed by atoms with Gasteiger partial charge in [0.25, 0.3) is 5.91 Å². The van der Waals surface area contributed by atoms with E-state index in [0.717, 1.165) is 17.8 Å². The average Bonchev–Trinajstić information content (AvgIpc) is 3.01. The maximum atomic E-state index is 15.6. The molecular weight excluding hydrogens is 388 g/mol. The summed E-state index contributed by atoms with van der Waals surface area (Å²) < 4.78 is 35.6. The Hall–Kier alpha value is -2.59. The number of nitrogens with two attached hydrogens (primary N) is 1. The zero-order valence-corrected chi connectivity index (χ0v) is 15.7. The number of halogens is 2. The van der Waals surface area contributed by atoms with E-state index in [-0.39, 0.29) is 41.1 Å². The van der Waals surface area contributed by atoms with Crippen LogP contribution in [0.4, 0.5) is 14.5 Å². The van der Waals surface area contributed by atoms with Crippen LogP contribution < -0.4 is 11.1 Å². The van der Waals surface area contributed by atoms with Crippen LogP contribution in [0.15, 0.2) is 35.6 Å². The first kappa shape index (κ1) is 18.8. The summed E-state index contributed by atoms with van der Waals surface area (Å²) >= 11 is 1.07. The van der Waals surface area contributed by atoms with Crippen LogP contribution in [0.5, 0.6) is 0 Å². The Morgan fingerprint density at radius 2 is 2.14 bits per heavy atom. The number of hydrogen-bond donors (Lipinski definition) is 2. The number of carbonyl (C=O) groups excluding carboxylic acids is 1. The van der Waals surface area contributed by atoms with E-state index in [4.69, 9.17) is 10.5 Å². The molecule has 0 saturated carbocycles. The van der Waals surface area contributed by atoms with Gasteiger partial charge in [-0.15, -0.1) is 0 Å². The second kappa shape index (κ2) is 6.78. The topological polar surface area (TPSA) is 102 Å². The SMILES string of the molecule is Cc1cnc(C(=O)Nc2ccc(F)c([C@]34COC[C@@]3(F)CSC(N)=N4)c2)cn1. The number of hydrogen-bond acceptors (Lipinski definition) is 7. The van der Waals surface area contributed by atoms with Gasteiger partial charge in [-0.2, -0.15) is 0 Å². The third kappa shape index (κ3) is 3.02. The summed E-state index contributed by atoms with van der Waals surface area (Å²) in [5.41, 5.74) is 3.37. The highest BCUT2D eigenvalue weighted by Gasteiger charge is 2.61. The number of aliphatic imine (C=N–C) groups is 1. The molecule has 1 fully saturated rings. The van der Waals surface area contributed by atoms with Crippen LogP contribution >= 0.6 is 11.8 Å². The van der Waals surface area contributed by atoms with Crippen molar-refractivity contribution in [3.8, 4) is 0 Å². The van der Waals surface area contributed by atoms with Crippen LogP contribution in [0, 0.1) is 12.7 Å². The lowest BCUT2D eigenvalue weighted by Gasteiger charge is -2.38. The van der Waals surface area contributed by atoms with Crippen molar-refractivity contribution >= 4 is 28.5 Å². The second-order valence-corrected chi connectivity index (χ2v) is 7.74. The number of ether oxygens (including phenoxy) is 1. The predicted octanol–water partition coefficient (Wildman–Crippen LogP) is 2.17. The zero-order valence-electron chi connectivity index (χ0n) is 14.9.